The Morgan fingerprint density at radius 3 is 2.08 bits per heavy atom. The van der Waals surface area contributed by atoms with Crippen molar-refractivity contribution in [3.63, 3.8) is 0 Å². The molecule has 0 aromatic carbocycles. The molecule has 0 aromatic heterocycles. The molecule has 1 amide bonds. The van der Waals surface area contributed by atoms with Crippen LogP contribution in [-0.2, 0) is 4.79 Å². The molecule has 4 rings (SSSR count). The number of nitrogens with one attached hydrogen (secondary N) is 1. The van der Waals surface area contributed by atoms with Crippen LogP contribution in [0.3, 0.4) is 0 Å². The van der Waals surface area contributed by atoms with Crippen molar-refractivity contribution in [2.24, 2.45) is 17.3 Å². The van der Waals surface area contributed by atoms with E-state index in [1.165, 1.54) is 64.7 Å². The van der Waals surface area contributed by atoms with E-state index >= 15 is 0 Å². The van der Waals surface area contributed by atoms with Crippen molar-refractivity contribution in [3.05, 3.63) is 0 Å². The number of amides is 1. The van der Waals surface area contributed by atoms with Crippen molar-refractivity contribution >= 4 is 5.91 Å². The van der Waals surface area contributed by atoms with E-state index in [1.807, 2.05) is 0 Å². The number of carbonyl (C=O) groups excluding carboxylic acids is 1. The van der Waals surface area contributed by atoms with Gasteiger partial charge in [0, 0.05) is 38.1 Å². The third kappa shape index (κ3) is 3.37. The molecule has 3 heterocycles. The van der Waals surface area contributed by atoms with Crippen LogP contribution in [0.25, 0.3) is 0 Å². The molecule has 0 unspecified atom stereocenters. The van der Waals surface area contributed by atoms with Crippen LogP contribution < -0.4 is 5.32 Å². The van der Waals surface area contributed by atoms with Gasteiger partial charge in [0.2, 0.25) is 5.91 Å². The van der Waals surface area contributed by atoms with Crippen molar-refractivity contribution in [2.75, 3.05) is 39.3 Å². The highest BCUT2D eigenvalue weighted by Crippen LogP contribution is 2.37. The zero-order valence-electron chi connectivity index (χ0n) is 15.4. The fourth-order valence-electron chi connectivity index (χ4n) is 5.37. The summed E-state index contributed by atoms with van der Waals surface area (Å²) in [7, 11) is 0. The van der Waals surface area contributed by atoms with E-state index < -0.39 is 0 Å². The Hall–Kier alpha value is -0.610. The quantitative estimate of drug-likeness (QED) is 0.843. The average molecular weight is 334 g/mol. The van der Waals surface area contributed by atoms with Gasteiger partial charge in [0.25, 0.3) is 0 Å². The smallest absolute Gasteiger partial charge is 0.225 e. The predicted octanol–water partition coefficient (Wildman–Crippen LogP) is 2.49. The summed E-state index contributed by atoms with van der Waals surface area (Å²) in [5.74, 6) is 1.70. The zero-order valence-corrected chi connectivity index (χ0v) is 15.4. The van der Waals surface area contributed by atoms with E-state index in [0.29, 0.717) is 17.2 Å². The Bertz CT molecular complexity index is 436. The Morgan fingerprint density at radius 2 is 1.54 bits per heavy atom. The van der Waals surface area contributed by atoms with Gasteiger partial charge in [0.1, 0.15) is 0 Å². The molecule has 0 bridgehead atoms. The van der Waals surface area contributed by atoms with Gasteiger partial charge in [-0.15, -0.1) is 0 Å². The van der Waals surface area contributed by atoms with Gasteiger partial charge >= 0.3 is 0 Å². The largest absolute Gasteiger partial charge is 0.342 e. The maximum absolute atomic E-state index is 12.9. The van der Waals surface area contributed by atoms with Crippen LogP contribution in [0.15, 0.2) is 0 Å². The molecule has 3 saturated heterocycles. The highest BCUT2D eigenvalue weighted by atomic mass is 16.2. The topological polar surface area (TPSA) is 35.6 Å². The average Bonchev–Trinajstić information content (AvgIpc) is 2.61. The summed E-state index contributed by atoms with van der Waals surface area (Å²) in [5, 5.41) is 3.41. The molecule has 1 aliphatic carbocycles. The number of nitrogens with zero attached hydrogens (tertiary/aromatic N) is 2. The van der Waals surface area contributed by atoms with E-state index in [-0.39, 0.29) is 0 Å². The van der Waals surface area contributed by atoms with Gasteiger partial charge in [0.15, 0.2) is 0 Å². The molecule has 0 radical (unpaired) electrons. The maximum Gasteiger partial charge on any atom is 0.225 e. The van der Waals surface area contributed by atoms with Crippen LogP contribution in [0.5, 0.6) is 0 Å². The zero-order chi connectivity index (χ0) is 16.6. The molecule has 4 aliphatic rings. The number of rotatable bonds is 2. The third-order valence-electron chi connectivity index (χ3n) is 7.52. The van der Waals surface area contributed by atoms with Gasteiger partial charge in [0.05, 0.1) is 0 Å². The minimum Gasteiger partial charge on any atom is -0.342 e. The van der Waals surface area contributed by atoms with Crippen LogP contribution in [0.1, 0.15) is 58.3 Å². The van der Waals surface area contributed by atoms with Gasteiger partial charge in [-0.1, -0.05) is 6.92 Å². The molecule has 1 N–H and O–H groups in total. The first-order valence-electron chi connectivity index (χ1n) is 10.4. The first kappa shape index (κ1) is 16.8. The van der Waals surface area contributed by atoms with Gasteiger partial charge < -0.3 is 15.1 Å². The van der Waals surface area contributed by atoms with Crippen LogP contribution in [-0.4, -0.2) is 61.0 Å². The van der Waals surface area contributed by atoms with Crippen molar-refractivity contribution in [2.45, 2.75) is 64.3 Å². The highest BCUT2D eigenvalue weighted by molar-refractivity contribution is 5.79. The third-order valence-corrected chi connectivity index (χ3v) is 7.52. The first-order valence-corrected chi connectivity index (χ1v) is 10.4. The Labute approximate surface area is 147 Å². The number of piperidine rings is 2. The number of hydrogen-bond acceptors (Lipinski definition) is 3. The number of carbonyl (C=O) groups is 1. The summed E-state index contributed by atoms with van der Waals surface area (Å²) in [4.78, 5) is 17.8. The second-order valence-electron chi connectivity index (χ2n) is 9.15. The van der Waals surface area contributed by atoms with E-state index in [4.69, 9.17) is 0 Å². The molecular weight excluding hydrogens is 298 g/mol. The normalized spacial score (nSPS) is 35.0. The predicted molar refractivity (Wildman–Crippen MR) is 96.8 cm³/mol. The second-order valence-corrected chi connectivity index (χ2v) is 9.15. The lowest BCUT2D eigenvalue weighted by molar-refractivity contribution is -0.140. The summed E-state index contributed by atoms with van der Waals surface area (Å²) in [5.41, 5.74) is 0.542. The minimum atomic E-state index is 0.318. The summed E-state index contributed by atoms with van der Waals surface area (Å²) < 4.78 is 0. The first-order chi connectivity index (χ1) is 11.7. The van der Waals surface area contributed by atoms with Crippen molar-refractivity contribution in [1.82, 2.24) is 15.1 Å². The molecule has 136 valence electrons. The van der Waals surface area contributed by atoms with Crippen LogP contribution in [0.4, 0.5) is 0 Å². The Balaban J connectivity index is 1.23. The fourth-order valence-corrected chi connectivity index (χ4v) is 5.37. The molecule has 4 fully saturated rings. The van der Waals surface area contributed by atoms with E-state index in [0.717, 1.165) is 37.9 Å². The molecule has 1 spiro atoms. The molecule has 4 heteroatoms. The Kier molecular flexibility index (Phi) is 4.88. The second kappa shape index (κ2) is 6.95. The van der Waals surface area contributed by atoms with Gasteiger partial charge in [-0.2, -0.15) is 0 Å². The molecule has 0 aromatic rings. The molecule has 4 nitrogen and oxygen atoms in total. The van der Waals surface area contributed by atoms with Gasteiger partial charge in [-0.3, -0.25) is 4.79 Å². The Morgan fingerprint density at radius 1 is 0.917 bits per heavy atom. The van der Waals surface area contributed by atoms with Gasteiger partial charge in [-0.25, -0.2) is 0 Å². The summed E-state index contributed by atoms with van der Waals surface area (Å²) in [6, 6.07) is 0.757. The van der Waals surface area contributed by atoms with Crippen LogP contribution in [0.2, 0.25) is 0 Å². The lowest BCUT2D eigenvalue weighted by atomic mass is 9.73. The molecule has 0 atom stereocenters. The van der Waals surface area contributed by atoms with Gasteiger partial charge in [-0.05, 0) is 75.8 Å². The summed E-state index contributed by atoms with van der Waals surface area (Å²) in [6.07, 6.45) is 9.89. The van der Waals surface area contributed by atoms with Crippen molar-refractivity contribution in [3.8, 4) is 0 Å². The lowest BCUT2D eigenvalue weighted by Crippen LogP contribution is -2.59. The van der Waals surface area contributed by atoms with Crippen molar-refractivity contribution < 1.29 is 4.79 Å². The van der Waals surface area contributed by atoms with E-state index in [9.17, 15) is 4.79 Å². The molecule has 1 saturated carbocycles. The number of hydrogen-bond donors (Lipinski definition) is 1. The lowest BCUT2D eigenvalue weighted by Gasteiger charge is -2.49. The number of likely N-dealkylation sites (tertiary alicyclic amines) is 2. The monoisotopic (exact) mass is 333 g/mol. The minimum absolute atomic E-state index is 0.318. The summed E-state index contributed by atoms with van der Waals surface area (Å²) in [6.45, 7) is 9.31. The fraction of sp³-hybridized carbons (Fsp3) is 0.950. The van der Waals surface area contributed by atoms with Crippen LogP contribution >= 0.6 is 0 Å². The highest BCUT2D eigenvalue weighted by Gasteiger charge is 2.41. The maximum atomic E-state index is 12.9. The molecule has 24 heavy (non-hydrogen) atoms. The van der Waals surface area contributed by atoms with E-state index in [2.05, 4.69) is 22.0 Å². The molecule has 3 aliphatic heterocycles. The van der Waals surface area contributed by atoms with Crippen molar-refractivity contribution in [1.29, 1.82) is 0 Å². The summed E-state index contributed by atoms with van der Waals surface area (Å²) >= 11 is 0. The van der Waals surface area contributed by atoms with E-state index in [1.54, 1.807) is 0 Å². The molecular formula is C20H35N3O. The standard InChI is InChI=1S/C20H35N3O/c1-16-6-10-22(11-7-16)18-4-2-17(3-5-18)19(24)23-12-8-20(9-13-23)14-21-15-20/h16-18,21H,2-15H2,1H3. The van der Waals surface area contributed by atoms with Crippen LogP contribution in [0, 0.1) is 17.3 Å². The SMILES string of the molecule is CC1CCN(C2CCC(C(=O)N3CCC4(CC3)CNC4)CC2)CC1.